The molecule has 0 saturated carbocycles. The summed E-state index contributed by atoms with van der Waals surface area (Å²) in [4.78, 5) is 22.9. The molecule has 2 aromatic rings. The first kappa shape index (κ1) is 13.9. The Morgan fingerprint density at radius 2 is 1.90 bits per heavy atom. The molecule has 0 atom stereocenters. The average molecular weight is 279 g/mol. The number of rotatable bonds is 3. The number of amides is 1. The summed E-state index contributed by atoms with van der Waals surface area (Å²) in [7, 11) is 1.40. The molecule has 0 aliphatic carbocycles. The van der Waals surface area contributed by atoms with E-state index in [4.69, 9.17) is 0 Å². The molecule has 1 N–H and O–H groups in total. The number of hydrogen-bond donors (Lipinski definition) is 1. The Labute approximate surface area is 112 Å². The van der Waals surface area contributed by atoms with Crippen LogP contribution < -0.4 is 10.9 Å². The molecule has 1 aromatic carbocycles. The van der Waals surface area contributed by atoms with Crippen molar-refractivity contribution in [2.45, 2.75) is 6.54 Å². The maximum absolute atomic E-state index is 13.4. The molecule has 7 heteroatoms. The van der Waals surface area contributed by atoms with Crippen molar-refractivity contribution in [2.75, 3.05) is 0 Å². The number of carbonyl (C=O) groups excluding carboxylic acids is 1. The van der Waals surface area contributed by atoms with Crippen molar-refractivity contribution in [3.05, 3.63) is 63.6 Å². The molecular formula is C13H11F2N3O2. The molecule has 20 heavy (non-hydrogen) atoms. The van der Waals surface area contributed by atoms with Gasteiger partial charge >= 0.3 is 0 Å². The van der Waals surface area contributed by atoms with Crippen LogP contribution >= 0.6 is 0 Å². The molecule has 0 unspecified atom stereocenters. The largest absolute Gasteiger partial charge is 0.346 e. The Bertz CT molecular complexity index is 693. The minimum absolute atomic E-state index is 0.0103. The van der Waals surface area contributed by atoms with E-state index in [9.17, 15) is 18.4 Å². The van der Waals surface area contributed by atoms with Gasteiger partial charge in [-0.3, -0.25) is 9.59 Å². The topological polar surface area (TPSA) is 64.0 Å². The quantitative estimate of drug-likeness (QED) is 0.911. The van der Waals surface area contributed by atoms with E-state index in [2.05, 4.69) is 10.4 Å². The third kappa shape index (κ3) is 2.87. The second-order valence-electron chi connectivity index (χ2n) is 4.06. The molecule has 104 valence electrons. The molecule has 0 radical (unpaired) electrons. The van der Waals surface area contributed by atoms with Crippen molar-refractivity contribution >= 4 is 5.91 Å². The summed E-state index contributed by atoms with van der Waals surface area (Å²) in [6, 6.07) is 5.88. The van der Waals surface area contributed by atoms with Crippen LogP contribution in [0.25, 0.3) is 0 Å². The molecule has 1 amide bonds. The van der Waals surface area contributed by atoms with Gasteiger partial charge in [0.1, 0.15) is 17.3 Å². The summed E-state index contributed by atoms with van der Waals surface area (Å²) in [5.41, 5.74) is -0.601. The van der Waals surface area contributed by atoms with Gasteiger partial charge in [-0.25, -0.2) is 13.5 Å². The van der Waals surface area contributed by atoms with E-state index in [1.54, 1.807) is 0 Å². The number of aromatic nitrogens is 2. The van der Waals surface area contributed by atoms with E-state index in [1.165, 1.54) is 25.2 Å². The highest BCUT2D eigenvalue weighted by Crippen LogP contribution is 2.11. The Morgan fingerprint density at radius 3 is 2.50 bits per heavy atom. The monoisotopic (exact) mass is 279 g/mol. The van der Waals surface area contributed by atoms with Gasteiger partial charge in [0.15, 0.2) is 0 Å². The molecule has 0 bridgehead atoms. The van der Waals surface area contributed by atoms with Gasteiger partial charge in [-0.05, 0) is 18.2 Å². The molecule has 1 heterocycles. The Morgan fingerprint density at radius 1 is 1.25 bits per heavy atom. The Balaban J connectivity index is 2.12. The predicted molar refractivity (Wildman–Crippen MR) is 67.0 cm³/mol. The van der Waals surface area contributed by atoms with Crippen LogP contribution in [-0.4, -0.2) is 15.7 Å². The first-order chi connectivity index (χ1) is 9.49. The van der Waals surface area contributed by atoms with E-state index < -0.39 is 17.5 Å². The van der Waals surface area contributed by atoms with Crippen molar-refractivity contribution in [1.29, 1.82) is 0 Å². The van der Waals surface area contributed by atoms with Gasteiger partial charge in [0.2, 0.25) is 0 Å². The van der Waals surface area contributed by atoms with Crippen LogP contribution in [0.2, 0.25) is 0 Å². The predicted octanol–water partition coefficient (Wildman–Crippen LogP) is 0.988. The smallest absolute Gasteiger partial charge is 0.271 e. The minimum Gasteiger partial charge on any atom is -0.346 e. The van der Waals surface area contributed by atoms with Gasteiger partial charge in [-0.15, -0.1) is 0 Å². The first-order valence-corrected chi connectivity index (χ1v) is 5.74. The van der Waals surface area contributed by atoms with Gasteiger partial charge in [-0.1, -0.05) is 6.07 Å². The van der Waals surface area contributed by atoms with Gasteiger partial charge in [0, 0.05) is 25.2 Å². The molecule has 5 nitrogen and oxygen atoms in total. The number of carbonyl (C=O) groups is 1. The summed E-state index contributed by atoms with van der Waals surface area (Å²) in [6.07, 6.45) is 0. The lowest BCUT2D eigenvalue weighted by Crippen LogP contribution is -2.28. The van der Waals surface area contributed by atoms with Crippen LogP contribution in [0.5, 0.6) is 0 Å². The fourth-order valence-electron chi connectivity index (χ4n) is 1.58. The lowest BCUT2D eigenvalue weighted by atomic mass is 10.2. The van der Waals surface area contributed by atoms with E-state index in [0.29, 0.717) is 0 Å². The molecule has 0 fully saturated rings. The first-order valence-electron chi connectivity index (χ1n) is 5.74. The van der Waals surface area contributed by atoms with Crippen molar-refractivity contribution in [1.82, 2.24) is 15.1 Å². The zero-order valence-corrected chi connectivity index (χ0v) is 10.6. The Kier molecular flexibility index (Phi) is 3.88. The SMILES string of the molecule is Cn1nc(C(=O)NCc2c(F)cccc2F)ccc1=O. The fraction of sp³-hybridized carbons (Fsp3) is 0.154. The van der Waals surface area contributed by atoms with Crippen LogP contribution in [0.1, 0.15) is 16.1 Å². The van der Waals surface area contributed by atoms with E-state index in [1.807, 2.05) is 0 Å². The van der Waals surface area contributed by atoms with Crippen molar-refractivity contribution < 1.29 is 13.6 Å². The van der Waals surface area contributed by atoms with Crippen LogP contribution in [0.4, 0.5) is 8.78 Å². The number of nitrogens with zero attached hydrogens (tertiary/aromatic N) is 2. The molecule has 0 spiro atoms. The van der Waals surface area contributed by atoms with Gasteiger partial charge < -0.3 is 5.32 Å². The number of halogens is 2. The third-order valence-corrected chi connectivity index (χ3v) is 2.68. The average Bonchev–Trinajstić information content (AvgIpc) is 2.41. The van der Waals surface area contributed by atoms with Crippen LogP contribution in [0.15, 0.2) is 35.1 Å². The van der Waals surface area contributed by atoms with E-state index >= 15 is 0 Å². The summed E-state index contributed by atoms with van der Waals surface area (Å²) in [5.74, 6) is -2.10. The number of aryl methyl sites for hydroxylation is 1. The van der Waals surface area contributed by atoms with Crippen molar-refractivity contribution in [2.24, 2.45) is 7.05 Å². The zero-order chi connectivity index (χ0) is 14.7. The van der Waals surface area contributed by atoms with Crippen LogP contribution in [0.3, 0.4) is 0 Å². The molecule has 0 aliphatic heterocycles. The normalized spacial score (nSPS) is 10.3. The maximum Gasteiger partial charge on any atom is 0.271 e. The minimum atomic E-state index is -0.737. The van der Waals surface area contributed by atoms with Crippen molar-refractivity contribution in [3.63, 3.8) is 0 Å². The van der Waals surface area contributed by atoms with Crippen molar-refractivity contribution in [3.8, 4) is 0 Å². The molecule has 2 rings (SSSR count). The molecule has 0 aliphatic rings. The second kappa shape index (κ2) is 5.60. The molecule has 0 saturated heterocycles. The number of benzene rings is 1. The Hall–Kier alpha value is -2.57. The lowest BCUT2D eigenvalue weighted by molar-refractivity contribution is 0.0943. The number of nitrogens with one attached hydrogen (secondary N) is 1. The fourth-order valence-corrected chi connectivity index (χ4v) is 1.58. The van der Waals surface area contributed by atoms with E-state index in [-0.39, 0.29) is 23.4 Å². The summed E-state index contributed by atoms with van der Waals surface area (Å²) < 4.78 is 27.7. The summed E-state index contributed by atoms with van der Waals surface area (Å²) in [6.45, 7) is -0.304. The van der Waals surface area contributed by atoms with E-state index in [0.717, 1.165) is 16.8 Å². The molecule has 1 aromatic heterocycles. The molecular weight excluding hydrogens is 268 g/mol. The highest BCUT2D eigenvalue weighted by Gasteiger charge is 2.12. The second-order valence-corrected chi connectivity index (χ2v) is 4.06. The summed E-state index contributed by atoms with van der Waals surface area (Å²) >= 11 is 0. The van der Waals surface area contributed by atoms with Crippen LogP contribution in [0, 0.1) is 11.6 Å². The lowest BCUT2D eigenvalue weighted by Gasteiger charge is -2.07. The van der Waals surface area contributed by atoms with Gasteiger partial charge in [0.05, 0.1) is 0 Å². The highest BCUT2D eigenvalue weighted by atomic mass is 19.1. The van der Waals surface area contributed by atoms with Crippen LogP contribution in [-0.2, 0) is 13.6 Å². The van der Waals surface area contributed by atoms with Gasteiger partial charge in [-0.2, -0.15) is 5.10 Å². The maximum atomic E-state index is 13.4. The van der Waals surface area contributed by atoms with Gasteiger partial charge in [0.25, 0.3) is 11.5 Å². The zero-order valence-electron chi connectivity index (χ0n) is 10.6. The summed E-state index contributed by atoms with van der Waals surface area (Å²) in [5, 5.41) is 6.08. The highest BCUT2D eigenvalue weighted by molar-refractivity contribution is 5.91. The third-order valence-electron chi connectivity index (χ3n) is 2.68. The number of hydrogen-bond acceptors (Lipinski definition) is 3. The standard InChI is InChI=1S/C13H11F2N3O2/c1-18-12(19)6-5-11(17-18)13(20)16-7-8-9(14)3-2-4-10(8)15/h2-6H,7H2,1H3,(H,16,20).